The maximum atomic E-state index is 12.8. The van der Waals surface area contributed by atoms with Crippen molar-refractivity contribution < 1.29 is 9.53 Å². The summed E-state index contributed by atoms with van der Waals surface area (Å²) in [6.45, 7) is 6.77. The van der Waals surface area contributed by atoms with E-state index in [-0.39, 0.29) is 11.0 Å². The number of benzene rings is 1. The number of ether oxygens (including phenoxy) is 1. The highest BCUT2D eigenvalue weighted by molar-refractivity contribution is 6.06. The molecule has 2 heterocycles. The molecule has 0 unspecified atom stereocenters. The summed E-state index contributed by atoms with van der Waals surface area (Å²) in [5.41, 5.74) is 1.69. The molecule has 1 amide bonds. The molecular weight excluding hydrogens is 330 g/mol. The Morgan fingerprint density at radius 1 is 1.19 bits per heavy atom. The largest absolute Gasteiger partial charge is 0.492 e. The molecular formula is C20H21N3O3. The zero-order chi connectivity index (χ0) is 18.7. The first-order valence-electron chi connectivity index (χ1n) is 8.59. The van der Waals surface area contributed by atoms with Crippen LogP contribution in [0.25, 0.3) is 11.0 Å². The van der Waals surface area contributed by atoms with Gasteiger partial charge in [-0.2, -0.15) is 0 Å². The van der Waals surface area contributed by atoms with Crippen LogP contribution in [0.15, 0.2) is 47.4 Å². The smallest absolute Gasteiger partial charge is 0.261 e. The topological polar surface area (TPSA) is 73.2 Å². The van der Waals surface area contributed by atoms with Gasteiger partial charge in [0.1, 0.15) is 17.0 Å². The van der Waals surface area contributed by atoms with E-state index in [1.165, 1.54) is 0 Å². The lowest BCUT2D eigenvalue weighted by Crippen LogP contribution is -2.24. The average molecular weight is 351 g/mol. The summed E-state index contributed by atoms with van der Waals surface area (Å²) in [7, 11) is 0. The molecule has 0 saturated carbocycles. The number of amides is 1. The molecule has 6 nitrogen and oxygen atoms in total. The maximum absolute atomic E-state index is 12.8. The number of fused-ring (bicyclic) bond motifs is 1. The van der Waals surface area contributed by atoms with Crippen LogP contribution in [-0.2, 0) is 6.54 Å². The average Bonchev–Trinajstić information content (AvgIpc) is 2.63. The van der Waals surface area contributed by atoms with E-state index < -0.39 is 5.91 Å². The number of nitrogens with zero attached hydrogens (tertiary/aromatic N) is 2. The van der Waals surface area contributed by atoms with E-state index in [9.17, 15) is 9.59 Å². The molecule has 0 fully saturated rings. The first-order chi connectivity index (χ1) is 12.5. The summed E-state index contributed by atoms with van der Waals surface area (Å²) in [5, 5.41) is 3.22. The fourth-order valence-electron chi connectivity index (χ4n) is 2.80. The number of para-hydroxylation sites is 2. The molecule has 0 atom stereocenters. The molecule has 0 bridgehead atoms. The van der Waals surface area contributed by atoms with Gasteiger partial charge in [-0.25, -0.2) is 4.98 Å². The number of rotatable bonds is 5. The highest BCUT2D eigenvalue weighted by atomic mass is 16.5. The SMILES string of the molecule is CCOc1ccccc1NC(=O)c1cn(CC)c2nc(C)ccc2c1=O. The van der Waals surface area contributed by atoms with E-state index >= 15 is 0 Å². The Morgan fingerprint density at radius 2 is 1.96 bits per heavy atom. The summed E-state index contributed by atoms with van der Waals surface area (Å²) in [5.74, 6) is 0.101. The lowest BCUT2D eigenvalue weighted by molar-refractivity contribution is 0.102. The minimum absolute atomic E-state index is 0.0799. The molecule has 0 aliphatic heterocycles. The molecule has 0 saturated heterocycles. The van der Waals surface area contributed by atoms with E-state index in [4.69, 9.17) is 4.74 Å². The third-order valence-corrected chi connectivity index (χ3v) is 4.08. The molecule has 2 aromatic heterocycles. The first kappa shape index (κ1) is 17.7. The van der Waals surface area contributed by atoms with Crippen molar-refractivity contribution in [1.82, 2.24) is 9.55 Å². The molecule has 3 rings (SSSR count). The molecule has 6 heteroatoms. The highest BCUT2D eigenvalue weighted by Gasteiger charge is 2.17. The van der Waals surface area contributed by atoms with Gasteiger partial charge in [0.2, 0.25) is 5.43 Å². The second kappa shape index (κ2) is 7.39. The summed E-state index contributed by atoms with van der Waals surface area (Å²) < 4.78 is 7.34. The van der Waals surface area contributed by atoms with Crippen LogP contribution in [0.5, 0.6) is 5.75 Å². The lowest BCUT2D eigenvalue weighted by atomic mass is 10.1. The van der Waals surface area contributed by atoms with Gasteiger partial charge in [-0.1, -0.05) is 12.1 Å². The number of aryl methyl sites for hydroxylation is 2. The molecule has 0 spiro atoms. The number of hydrogen-bond donors (Lipinski definition) is 1. The number of aromatic nitrogens is 2. The van der Waals surface area contributed by atoms with Gasteiger partial charge in [0.25, 0.3) is 5.91 Å². The molecule has 1 N–H and O–H groups in total. The first-order valence-corrected chi connectivity index (χ1v) is 8.59. The number of carbonyl (C=O) groups is 1. The lowest BCUT2D eigenvalue weighted by Gasteiger charge is -2.13. The van der Waals surface area contributed by atoms with E-state index in [1.807, 2.05) is 31.4 Å². The van der Waals surface area contributed by atoms with Gasteiger partial charge < -0.3 is 14.6 Å². The van der Waals surface area contributed by atoms with Crippen LogP contribution >= 0.6 is 0 Å². The third-order valence-electron chi connectivity index (χ3n) is 4.08. The van der Waals surface area contributed by atoms with E-state index in [0.717, 1.165) is 5.69 Å². The fourth-order valence-corrected chi connectivity index (χ4v) is 2.80. The predicted octanol–water partition coefficient (Wildman–Crippen LogP) is 3.38. The van der Waals surface area contributed by atoms with Crippen LogP contribution in [0.4, 0.5) is 5.69 Å². The molecule has 3 aromatic rings. The Kier molecular flexibility index (Phi) is 5.02. The highest BCUT2D eigenvalue weighted by Crippen LogP contribution is 2.24. The molecule has 0 aliphatic rings. The summed E-state index contributed by atoms with van der Waals surface area (Å²) >= 11 is 0. The number of nitrogens with one attached hydrogen (secondary N) is 1. The van der Waals surface area contributed by atoms with E-state index in [2.05, 4.69) is 10.3 Å². The Morgan fingerprint density at radius 3 is 2.69 bits per heavy atom. The van der Waals surface area contributed by atoms with Crippen LogP contribution in [0.3, 0.4) is 0 Å². The van der Waals surface area contributed by atoms with Crippen LogP contribution in [0.2, 0.25) is 0 Å². The summed E-state index contributed by atoms with van der Waals surface area (Å²) in [6.07, 6.45) is 1.57. The molecule has 1 aromatic carbocycles. The maximum Gasteiger partial charge on any atom is 0.261 e. The van der Waals surface area contributed by atoms with Crippen molar-refractivity contribution in [2.75, 3.05) is 11.9 Å². The Labute approximate surface area is 151 Å². The van der Waals surface area contributed by atoms with Crippen molar-refractivity contribution in [1.29, 1.82) is 0 Å². The van der Waals surface area contributed by atoms with Gasteiger partial charge >= 0.3 is 0 Å². The number of anilines is 1. The summed E-state index contributed by atoms with van der Waals surface area (Å²) in [4.78, 5) is 30.0. The Hall–Kier alpha value is -3.15. The predicted molar refractivity (Wildman–Crippen MR) is 102 cm³/mol. The van der Waals surface area contributed by atoms with Gasteiger partial charge in [0.05, 0.1) is 17.7 Å². The second-order valence-corrected chi connectivity index (χ2v) is 5.87. The standard InChI is InChI=1S/C20H21N3O3/c1-4-23-12-15(18(24)14-11-10-13(3)21-19(14)23)20(25)22-16-8-6-7-9-17(16)26-5-2/h6-12H,4-5H2,1-3H3,(H,22,25). The van der Waals surface area contributed by atoms with Crippen molar-refractivity contribution in [2.24, 2.45) is 0 Å². The molecule has 26 heavy (non-hydrogen) atoms. The van der Waals surface area contributed by atoms with Crippen molar-refractivity contribution in [2.45, 2.75) is 27.3 Å². The van der Waals surface area contributed by atoms with E-state index in [1.54, 1.807) is 36.5 Å². The van der Waals surface area contributed by atoms with Crippen LogP contribution < -0.4 is 15.5 Å². The van der Waals surface area contributed by atoms with Crippen molar-refractivity contribution >= 4 is 22.6 Å². The fraction of sp³-hybridized carbons (Fsp3) is 0.250. The van der Waals surface area contributed by atoms with Crippen molar-refractivity contribution in [3.8, 4) is 5.75 Å². The number of carbonyl (C=O) groups excluding carboxylic acids is 1. The molecule has 0 aliphatic carbocycles. The van der Waals surface area contributed by atoms with E-state index in [0.29, 0.717) is 35.6 Å². The molecule has 134 valence electrons. The quantitative estimate of drug-likeness (QED) is 0.765. The monoisotopic (exact) mass is 351 g/mol. The number of pyridine rings is 2. The minimum Gasteiger partial charge on any atom is -0.492 e. The normalized spacial score (nSPS) is 10.7. The van der Waals surface area contributed by atoms with Crippen molar-refractivity contribution in [3.05, 3.63) is 64.1 Å². The van der Waals surface area contributed by atoms with Gasteiger partial charge in [0, 0.05) is 18.4 Å². The summed E-state index contributed by atoms with van der Waals surface area (Å²) in [6, 6.07) is 10.6. The zero-order valence-electron chi connectivity index (χ0n) is 15.1. The van der Waals surface area contributed by atoms with Gasteiger partial charge in [-0.05, 0) is 45.0 Å². The third kappa shape index (κ3) is 3.31. The van der Waals surface area contributed by atoms with Crippen molar-refractivity contribution in [3.63, 3.8) is 0 Å². The van der Waals surface area contributed by atoms with Crippen LogP contribution in [0, 0.1) is 6.92 Å². The minimum atomic E-state index is -0.466. The zero-order valence-corrected chi connectivity index (χ0v) is 15.1. The van der Waals surface area contributed by atoms with Gasteiger partial charge in [-0.3, -0.25) is 9.59 Å². The Balaban J connectivity index is 2.05. The van der Waals surface area contributed by atoms with Crippen LogP contribution in [0.1, 0.15) is 29.9 Å². The van der Waals surface area contributed by atoms with Gasteiger partial charge in [-0.15, -0.1) is 0 Å². The molecule has 0 radical (unpaired) electrons. The second-order valence-electron chi connectivity index (χ2n) is 5.87. The van der Waals surface area contributed by atoms with Crippen LogP contribution in [-0.4, -0.2) is 22.1 Å². The van der Waals surface area contributed by atoms with Gasteiger partial charge in [0.15, 0.2) is 0 Å². The number of hydrogen-bond acceptors (Lipinski definition) is 4. The Bertz CT molecular complexity index is 1020.